The number of carbonyl (C=O) groups is 2. The normalized spacial score (nSPS) is 21.0. The Labute approximate surface area is 119 Å². The summed E-state index contributed by atoms with van der Waals surface area (Å²) in [6.07, 6.45) is -4.13. The van der Waals surface area contributed by atoms with Crippen molar-refractivity contribution in [3.63, 3.8) is 0 Å². The van der Waals surface area contributed by atoms with Gasteiger partial charge >= 0.3 is 12.1 Å². The van der Waals surface area contributed by atoms with Crippen LogP contribution in [0.5, 0.6) is 0 Å². The highest BCUT2D eigenvalue weighted by molar-refractivity contribution is 5.97. The van der Waals surface area contributed by atoms with Gasteiger partial charge in [0, 0.05) is 12.0 Å². The maximum atomic E-state index is 12.4. The molecule has 7 heteroatoms. The molecule has 1 N–H and O–H groups in total. The maximum Gasteiger partial charge on any atom is 0.416 e. The van der Waals surface area contributed by atoms with Gasteiger partial charge in [-0.05, 0) is 38.1 Å². The second-order valence-electron chi connectivity index (χ2n) is 5.49. The Hall–Kier alpha value is -2.05. The minimum atomic E-state index is -4.45. The molecule has 1 amide bonds. The minimum Gasteiger partial charge on any atom is -0.458 e. The second-order valence-corrected chi connectivity index (χ2v) is 5.49. The topological polar surface area (TPSA) is 55.4 Å². The van der Waals surface area contributed by atoms with E-state index in [0.717, 1.165) is 24.3 Å². The molecule has 4 nitrogen and oxygen atoms in total. The first-order valence-electron chi connectivity index (χ1n) is 6.29. The van der Waals surface area contributed by atoms with Crippen LogP contribution in [0.2, 0.25) is 0 Å². The first kappa shape index (κ1) is 15.3. The van der Waals surface area contributed by atoms with Crippen LogP contribution in [0.15, 0.2) is 24.3 Å². The molecule has 0 radical (unpaired) electrons. The average molecular weight is 301 g/mol. The van der Waals surface area contributed by atoms with E-state index in [1.54, 1.807) is 13.8 Å². The zero-order valence-electron chi connectivity index (χ0n) is 11.5. The first-order chi connectivity index (χ1) is 9.58. The van der Waals surface area contributed by atoms with Crippen LogP contribution < -0.4 is 5.32 Å². The molecular formula is C14H14F3NO3. The third-order valence-electron chi connectivity index (χ3n) is 3.14. The summed E-state index contributed by atoms with van der Waals surface area (Å²) in [5, 5.41) is 2.46. The highest BCUT2D eigenvalue weighted by Gasteiger charge is 2.40. The van der Waals surface area contributed by atoms with Crippen LogP contribution >= 0.6 is 0 Å². The number of cyclic esters (lactones) is 1. The molecule has 0 aliphatic carbocycles. The Kier molecular flexibility index (Phi) is 3.69. The molecule has 1 aromatic carbocycles. The molecule has 1 unspecified atom stereocenters. The van der Waals surface area contributed by atoms with Crippen molar-refractivity contribution in [1.82, 2.24) is 5.32 Å². The van der Waals surface area contributed by atoms with Gasteiger partial charge in [-0.2, -0.15) is 13.2 Å². The van der Waals surface area contributed by atoms with E-state index in [0.29, 0.717) is 6.42 Å². The van der Waals surface area contributed by atoms with Crippen LogP contribution in [0.25, 0.3) is 0 Å². The predicted octanol–water partition coefficient (Wildman–Crippen LogP) is 2.53. The van der Waals surface area contributed by atoms with Crippen LogP contribution in [0.1, 0.15) is 36.2 Å². The summed E-state index contributed by atoms with van der Waals surface area (Å²) in [7, 11) is 0. The summed E-state index contributed by atoms with van der Waals surface area (Å²) >= 11 is 0. The summed E-state index contributed by atoms with van der Waals surface area (Å²) in [6, 6.07) is 3.01. The molecule has 2 rings (SSSR count). The molecule has 0 spiro atoms. The number of hydrogen-bond acceptors (Lipinski definition) is 3. The average Bonchev–Trinajstić information content (AvgIpc) is 2.61. The van der Waals surface area contributed by atoms with Gasteiger partial charge < -0.3 is 10.1 Å². The van der Waals surface area contributed by atoms with E-state index >= 15 is 0 Å². The number of rotatable bonds is 2. The number of ether oxygens (including phenoxy) is 1. The quantitative estimate of drug-likeness (QED) is 0.854. The number of amides is 1. The number of benzene rings is 1. The maximum absolute atomic E-state index is 12.4. The minimum absolute atomic E-state index is 0.0560. The van der Waals surface area contributed by atoms with Crippen LogP contribution in [-0.2, 0) is 15.7 Å². The Morgan fingerprint density at radius 1 is 1.29 bits per heavy atom. The van der Waals surface area contributed by atoms with E-state index in [2.05, 4.69) is 5.32 Å². The standard InChI is InChI=1S/C14H14F3NO3/c1-13(2)7-10(12(20)21-13)18-11(19)8-3-5-9(6-4-8)14(15,16)17/h3-6,10H,7H2,1-2H3,(H,18,19). The molecule has 0 bridgehead atoms. The fourth-order valence-corrected chi connectivity index (χ4v) is 2.12. The van der Waals surface area contributed by atoms with Crippen molar-refractivity contribution in [2.45, 2.75) is 38.1 Å². The summed E-state index contributed by atoms with van der Waals surface area (Å²) in [5.74, 6) is -1.15. The zero-order valence-corrected chi connectivity index (χ0v) is 11.5. The molecular weight excluding hydrogens is 287 g/mol. The molecule has 0 aromatic heterocycles. The van der Waals surface area contributed by atoms with E-state index in [1.165, 1.54) is 0 Å². The lowest BCUT2D eigenvalue weighted by atomic mass is 10.0. The summed E-state index contributed by atoms with van der Waals surface area (Å²) < 4.78 is 42.3. The van der Waals surface area contributed by atoms with Gasteiger partial charge in [-0.3, -0.25) is 4.79 Å². The molecule has 114 valence electrons. The number of hydrogen-bond donors (Lipinski definition) is 1. The smallest absolute Gasteiger partial charge is 0.416 e. The largest absolute Gasteiger partial charge is 0.458 e. The molecule has 1 heterocycles. The van der Waals surface area contributed by atoms with Crippen molar-refractivity contribution in [3.8, 4) is 0 Å². The van der Waals surface area contributed by atoms with E-state index < -0.39 is 35.3 Å². The lowest BCUT2D eigenvalue weighted by molar-refractivity contribution is -0.147. The van der Waals surface area contributed by atoms with E-state index in [1.807, 2.05) is 0 Å². The van der Waals surface area contributed by atoms with Gasteiger partial charge in [-0.15, -0.1) is 0 Å². The highest BCUT2D eigenvalue weighted by Crippen LogP contribution is 2.29. The summed E-state index contributed by atoms with van der Waals surface area (Å²) in [5.41, 5.74) is -1.43. The van der Waals surface area contributed by atoms with Gasteiger partial charge in [0.15, 0.2) is 0 Å². The third-order valence-corrected chi connectivity index (χ3v) is 3.14. The molecule has 1 aliphatic heterocycles. The van der Waals surface area contributed by atoms with Gasteiger partial charge in [0.25, 0.3) is 5.91 Å². The van der Waals surface area contributed by atoms with Crippen molar-refractivity contribution >= 4 is 11.9 Å². The molecule has 1 aromatic rings. The summed E-state index contributed by atoms with van der Waals surface area (Å²) in [4.78, 5) is 23.5. The van der Waals surface area contributed by atoms with E-state index in [9.17, 15) is 22.8 Å². The van der Waals surface area contributed by atoms with Gasteiger partial charge in [-0.25, -0.2) is 4.79 Å². The number of alkyl halides is 3. The van der Waals surface area contributed by atoms with E-state index in [-0.39, 0.29) is 5.56 Å². The molecule has 1 saturated heterocycles. The van der Waals surface area contributed by atoms with Gasteiger partial charge in [0.05, 0.1) is 5.56 Å². The molecule has 1 fully saturated rings. The Morgan fingerprint density at radius 2 is 1.86 bits per heavy atom. The monoisotopic (exact) mass is 301 g/mol. The second kappa shape index (κ2) is 5.05. The Morgan fingerprint density at radius 3 is 2.29 bits per heavy atom. The first-order valence-corrected chi connectivity index (χ1v) is 6.29. The fourth-order valence-electron chi connectivity index (χ4n) is 2.12. The van der Waals surface area contributed by atoms with Gasteiger partial charge in [-0.1, -0.05) is 0 Å². The zero-order chi connectivity index (χ0) is 15.8. The van der Waals surface area contributed by atoms with Crippen LogP contribution in [0, 0.1) is 0 Å². The molecule has 1 aliphatic rings. The number of esters is 1. The summed E-state index contributed by atoms with van der Waals surface area (Å²) in [6.45, 7) is 3.43. The Bertz CT molecular complexity index is 564. The number of nitrogens with one attached hydrogen (secondary N) is 1. The van der Waals surface area contributed by atoms with Gasteiger partial charge in [0.1, 0.15) is 11.6 Å². The molecule has 21 heavy (non-hydrogen) atoms. The van der Waals surface area contributed by atoms with Crippen molar-refractivity contribution < 1.29 is 27.5 Å². The van der Waals surface area contributed by atoms with Crippen LogP contribution in [-0.4, -0.2) is 23.5 Å². The SMILES string of the molecule is CC1(C)CC(NC(=O)c2ccc(C(F)(F)F)cc2)C(=O)O1. The van der Waals surface area contributed by atoms with Crippen molar-refractivity contribution in [2.75, 3.05) is 0 Å². The van der Waals surface area contributed by atoms with Gasteiger partial charge in [0.2, 0.25) is 0 Å². The lowest BCUT2D eigenvalue weighted by Gasteiger charge is -2.14. The third kappa shape index (κ3) is 3.53. The fraction of sp³-hybridized carbons (Fsp3) is 0.429. The van der Waals surface area contributed by atoms with Crippen molar-refractivity contribution in [1.29, 1.82) is 0 Å². The van der Waals surface area contributed by atoms with E-state index in [4.69, 9.17) is 4.74 Å². The highest BCUT2D eigenvalue weighted by atomic mass is 19.4. The number of carbonyl (C=O) groups excluding carboxylic acids is 2. The molecule has 1 atom stereocenters. The lowest BCUT2D eigenvalue weighted by Crippen LogP contribution is -2.38. The molecule has 0 saturated carbocycles. The number of halogens is 3. The predicted molar refractivity (Wildman–Crippen MR) is 67.5 cm³/mol. The van der Waals surface area contributed by atoms with Crippen LogP contribution in [0.4, 0.5) is 13.2 Å². The van der Waals surface area contributed by atoms with Crippen molar-refractivity contribution in [2.24, 2.45) is 0 Å². The van der Waals surface area contributed by atoms with Crippen LogP contribution in [0.3, 0.4) is 0 Å². The Balaban J connectivity index is 2.06. The van der Waals surface area contributed by atoms with Crippen molar-refractivity contribution in [3.05, 3.63) is 35.4 Å².